The number of aryl methyl sites for hydroxylation is 1. The summed E-state index contributed by atoms with van der Waals surface area (Å²) in [5.74, 6) is -0.325. The molecule has 31 heavy (non-hydrogen) atoms. The van der Waals surface area contributed by atoms with Crippen molar-refractivity contribution >= 4 is 50.5 Å². The molecule has 1 heterocycles. The van der Waals surface area contributed by atoms with E-state index in [1.165, 1.54) is 4.31 Å². The van der Waals surface area contributed by atoms with E-state index in [0.717, 1.165) is 11.1 Å². The standard InChI is InChI=1S/C23H20Cl2N2O3S/c1-14-3-6-21(7-4-14)31(29,30)27-15(2)9-17-10-16(5-8-22(17)27)23(28)26-20-12-18(24)11-19(25)13-20/h3-8,10-13,15H,9H2,1-2H3,(H,26,28)/t15-/m0/s1. The Bertz CT molecular complexity index is 1250. The number of nitrogens with zero attached hydrogens (tertiary/aromatic N) is 1. The van der Waals surface area contributed by atoms with Crippen molar-refractivity contribution in [1.29, 1.82) is 0 Å². The first-order valence-electron chi connectivity index (χ1n) is 9.66. The molecule has 1 N–H and O–H groups in total. The summed E-state index contributed by atoms with van der Waals surface area (Å²) in [7, 11) is -3.71. The molecule has 0 bridgehead atoms. The lowest BCUT2D eigenvalue weighted by molar-refractivity contribution is 0.102. The van der Waals surface area contributed by atoms with E-state index < -0.39 is 10.0 Å². The predicted octanol–water partition coefficient (Wildman–Crippen LogP) is 5.69. The van der Waals surface area contributed by atoms with Crippen LogP contribution in [0.4, 0.5) is 11.4 Å². The van der Waals surface area contributed by atoms with Gasteiger partial charge < -0.3 is 5.32 Å². The van der Waals surface area contributed by atoms with E-state index in [4.69, 9.17) is 23.2 Å². The van der Waals surface area contributed by atoms with Crippen molar-refractivity contribution in [3.63, 3.8) is 0 Å². The summed E-state index contributed by atoms with van der Waals surface area (Å²) < 4.78 is 28.0. The minimum Gasteiger partial charge on any atom is -0.322 e. The molecule has 1 aliphatic heterocycles. The molecule has 4 rings (SSSR count). The van der Waals surface area contributed by atoms with Gasteiger partial charge in [0.15, 0.2) is 0 Å². The Hall–Kier alpha value is -2.54. The maximum Gasteiger partial charge on any atom is 0.264 e. The molecule has 0 saturated carbocycles. The second-order valence-electron chi connectivity index (χ2n) is 7.62. The van der Waals surface area contributed by atoms with Crippen LogP contribution < -0.4 is 9.62 Å². The number of anilines is 2. The number of amides is 1. The van der Waals surface area contributed by atoms with Crippen LogP contribution >= 0.6 is 23.2 Å². The Morgan fingerprint density at radius 2 is 1.65 bits per heavy atom. The highest BCUT2D eigenvalue weighted by molar-refractivity contribution is 7.92. The first kappa shape index (κ1) is 21.7. The molecule has 0 spiro atoms. The summed E-state index contributed by atoms with van der Waals surface area (Å²) in [6.45, 7) is 3.77. The van der Waals surface area contributed by atoms with Gasteiger partial charge in [0.05, 0.1) is 10.6 Å². The molecule has 0 saturated heterocycles. The minimum absolute atomic E-state index is 0.248. The van der Waals surface area contributed by atoms with Crippen LogP contribution in [-0.2, 0) is 16.4 Å². The first-order valence-corrected chi connectivity index (χ1v) is 11.9. The van der Waals surface area contributed by atoms with Crippen molar-refractivity contribution in [2.24, 2.45) is 0 Å². The van der Waals surface area contributed by atoms with Gasteiger partial charge in [-0.25, -0.2) is 8.42 Å². The number of carbonyl (C=O) groups excluding carboxylic acids is 1. The van der Waals surface area contributed by atoms with Gasteiger partial charge >= 0.3 is 0 Å². The Morgan fingerprint density at radius 3 is 2.29 bits per heavy atom. The molecule has 8 heteroatoms. The number of sulfonamides is 1. The summed E-state index contributed by atoms with van der Waals surface area (Å²) in [5.41, 5.74) is 3.30. The number of fused-ring (bicyclic) bond motifs is 1. The van der Waals surface area contributed by atoms with Crippen molar-refractivity contribution in [1.82, 2.24) is 0 Å². The molecule has 3 aromatic carbocycles. The van der Waals surface area contributed by atoms with Gasteiger partial charge in [-0.15, -0.1) is 0 Å². The van der Waals surface area contributed by atoms with Crippen molar-refractivity contribution in [3.8, 4) is 0 Å². The zero-order valence-electron chi connectivity index (χ0n) is 16.9. The fourth-order valence-electron chi connectivity index (χ4n) is 3.76. The fourth-order valence-corrected chi connectivity index (χ4v) is 5.98. The van der Waals surface area contributed by atoms with E-state index >= 15 is 0 Å². The Kier molecular flexibility index (Phi) is 5.73. The molecule has 0 aliphatic carbocycles. The van der Waals surface area contributed by atoms with Crippen LogP contribution in [0.5, 0.6) is 0 Å². The van der Waals surface area contributed by atoms with E-state index in [-0.39, 0.29) is 16.8 Å². The van der Waals surface area contributed by atoms with Crippen molar-refractivity contribution in [3.05, 3.63) is 87.4 Å². The lowest BCUT2D eigenvalue weighted by Gasteiger charge is -2.24. The summed E-state index contributed by atoms with van der Waals surface area (Å²) in [6, 6.07) is 16.4. The molecule has 1 atom stereocenters. The maximum absolute atomic E-state index is 13.3. The lowest BCUT2D eigenvalue weighted by Crippen LogP contribution is -2.35. The molecule has 0 unspecified atom stereocenters. The highest BCUT2D eigenvalue weighted by atomic mass is 35.5. The number of benzene rings is 3. The van der Waals surface area contributed by atoms with Crippen molar-refractivity contribution in [2.75, 3.05) is 9.62 Å². The van der Waals surface area contributed by atoms with Gasteiger partial charge in [0.2, 0.25) is 0 Å². The highest BCUT2D eigenvalue weighted by Gasteiger charge is 2.36. The minimum atomic E-state index is -3.71. The summed E-state index contributed by atoms with van der Waals surface area (Å²) in [5, 5.41) is 3.61. The first-order chi connectivity index (χ1) is 14.6. The van der Waals surface area contributed by atoms with Gasteiger partial charge in [-0.05, 0) is 74.4 Å². The quantitative estimate of drug-likeness (QED) is 0.527. The fraction of sp³-hybridized carbons (Fsp3) is 0.174. The maximum atomic E-state index is 13.3. The number of hydrogen-bond donors (Lipinski definition) is 1. The molecule has 1 aliphatic rings. The van der Waals surface area contributed by atoms with Crippen molar-refractivity contribution in [2.45, 2.75) is 31.2 Å². The third-order valence-electron chi connectivity index (χ3n) is 5.19. The SMILES string of the molecule is Cc1ccc(S(=O)(=O)N2c3ccc(C(=O)Nc4cc(Cl)cc(Cl)c4)cc3C[C@@H]2C)cc1. The zero-order valence-corrected chi connectivity index (χ0v) is 19.2. The average Bonchev–Trinajstić information content (AvgIpc) is 3.03. The number of carbonyl (C=O) groups is 1. The average molecular weight is 475 g/mol. The monoisotopic (exact) mass is 474 g/mol. The largest absolute Gasteiger partial charge is 0.322 e. The van der Waals surface area contributed by atoms with Gasteiger partial charge in [-0.2, -0.15) is 0 Å². The third kappa shape index (κ3) is 4.28. The number of rotatable bonds is 4. The third-order valence-corrected chi connectivity index (χ3v) is 7.57. The summed E-state index contributed by atoms with van der Waals surface area (Å²) >= 11 is 12.0. The smallest absolute Gasteiger partial charge is 0.264 e. The van der Waals surface area contributed by atoms with Crippen LogP contribution in [0.1, 0.15) is 28.4 Å². The molecule has 0 radical (unpaired) electrons. The van der Waals surface area contributed by atoms with Crippen LogP contribution in [0.15, 0.2) is 65.6 Å². The Labute approximate surface area is 191 Å². The van der Waals surface area contributed by atoms with Gasteiger partial charge in [0, 0.05) is 27.3 Å². The number of halogens is 2. The summed E-state index contributed by atoms with van der Waals surface area (Å²) in [6.07, 6.45) is 0.518. The van der Waals surface area contributed by atoms with Crippen LogP contribution in [0.25, 0.3) is 0 Å². The second-order valence-corrected chi connectivity index (χ2v) is 10.3. The van der Waals surface area contributed by atoms with Gasteiger partial charge in [0.1, 0.15) is 0 Å². The van der Waals surface area contributed by atoms with Gasteiger partial charge in [-0.3, -0.25) is 9.10 Å². The van der Waals surface area contributed by atoms with Gasteiger partial charge in [-0.1, -0.05) is 40.9 Å². The van der Waals surface area contributed by atoms with Crippen molar-refractivity contribution < 1.29 is 13.2 Å². The Balaban J connectivity index is 1.63. The van der Waals surface area contributed by atoms with Crippen LogP contribution in [0.3, 0.4) is 0 Å². The van der Waals surface area contributed by atoms with E-state index in [9.17, 15) is 13.2 Å². The summed E-state index contributed by atoms with van der Waals surface area (Å²) in [4.78, 5) is 13.0. The topological polar surface area (TPSA) is 66.5 Å². The lowest BCUT2D eigenvalue weighted by atomic mass is 10.1. The molecule has 5 nitrogen and oxygen atoms in total. The van der Waals surface area contributed by atoms with Crippen LogP contribution in [-0.4, -0.2) is 20.4 Å². The normalized spacial score (nSPS) is 15.6. The van der Waals surface area contributed by atoms with E-state index in [0.29, 0.717) is 33.4 Å². The molecular formula is C23H20Cl2N2O3S. The number of nitrogens with one attached hydrogen (secondary N) is 1. The second kappa shape index (κ2) is 8.19. The zero-order chi connectivity index (χ0) is 22.3. The van der Waals surface area contributed by atoms with E-state index in [1.807, 2.05) is 13.8 Å². The highest BCUT2D eigenvalue weighted by Crippen LogP contribution is 2.37. The molecule has 160 valence electrons. The van der Waals surface area contributed by atoms with Crippen LogP contribution in [0.2, 0.25) is 10.0 Å². The van der Waals surface area contributed by atoms with Crippen LogP contribution in [0, 0.1) is 6.92 Å². The molecule has 0 fully saturated rings. The van der Waals surface area contributed by atoms with Gasteiger partial charge in [0.25, 0.3) is 15.9 Å². The predicted molar refractivity (Wildman–Crippen MR) is 125 cm³/mol. The number of hydrogen-bond acceptors (Lipinski definition) is 3. The molecule has 0 aromatic heterocycles. The molecule has 3 aromatic rings. The molecular weight excluding hydrogens is 455 g/mol. The molecule has 1 amide bonds. The Morgan fingerprint density at radius 1 is 1.00 bits per heavy atom. The van der Waals surface area contributed by atoms with E-state index in [2.05, 4.69) is 5.32 Å². The van der Waals surface area contributed by atoms with E-state index in [1.54, 1.807) is 60.7 Å².